The molecule has 0 aliphatic heterocycles. The van der Waals surface area contributed by atoms with Crippen LogP contribution in [0.5, 0.6) is 0 Å². The summed E-state index contributed by atoms with van der Waals surface area (Å²) in [6.45, 7) is 2.24. The zero-order chi connectivity index (χ0) is 11.3. The fourth-order valence-electron chi connectivity index (χ4n) is 1.01. The van der Waals surface area contributed by atoms with Crippen LogP contribution < -0.4 is 5.32 Å². The molecule has 0 atom stereocenters. The normalized spacial score (nSPS) is 10.5. The van der Waals surface area contributed by atoms with Crippen LogP contribution in [0, 0.1) is 5.82 Å². The second kappa shape index (κ2) is 5.09. The number of allylic oxidation sites excluding steroid dienone is 1. The summed E-state index contributed by atoms with van der Waals surface area (Å²) in [5.74, 6) is -2.19. The average molecular weight is 210 g/mol. The van der Waals surface area contributed by atoms with Gasteiger partial charge in [-0.1, -0.05) is 12.2 Å². The molecule has 1 aromatic heterocycles. The van der Waals surface area contributed by atoms with E-state index in [1.54, 1.807) is 12.2 Å². The van der Waals surface area contributed by atoms with Crippen molar-refractivity contribution < 1.29 is 14.3 Å². The number of pyridine rings is 1. The second-order valence-electron chi connectivity index (χ2n) is 2.78. The summed E-state index contributed by atoms with van der Waals surface area (Å²) in [5.41, 5.74) is -0.382. The van der Waals surface area contributed by atoms with Crippen LogP contribution >= 0.6 is 0 Å². The van der Waals surface area contributed by atoms with E-state index >= 15 is 0 Å². The topological polar surface area (TPSA) is 62.2 Å². The molecule has 0 saturated heterocycles. The highest BCUT2D eigenvalue weighted by atomic mass is 19.1. The highest BCUT2D eigenvalue weighted by Gasteiger charge is 2.13. The average Bonchev–Trinajstić information content (AvgIpc) is 2.20. The monoisotopic (exact) mass is 210 g/mol. The molecule has 0 spiro atoms. The molecule has 0 fully saturated rings. The van der Waals surface area contributed by atoms with Crippen LogP contribution in [0.3, 0.4) is 0 Å². The summed E-state index contributed by atoms with van der Waals surface area (Å²) >= 11 is 0. The molecule has 0 amide bonds. The molecule has 0 unspecified atom stereocenters. The van der Waals surface area contributed by atoms with E-state index in [1.807, 2.05) is 6.92 Å². The van der Waals surface area contributed by atoms with Gasteiger partial charge < -0.3 is 10.4 Å². The van der Waals surface area contributed by atoms with E-state index in [1.165, 1.54) is 6.20 Å². The summed E-state index contributed by atoms with van der Waals surface area (Å²) in [5, 5.41) is 11.3. The van der Waals surface area contributed by atoms with Gasteiger partial charge >= 0.3 is 5.97 Å². The molecular weight excluding hydrogens is 199 g/mol. The highest BCUT2D eigenvalue weighted by molar-refractivity contribution is 5.88. The Kier molecular flexibility index (Phi) is 3.79. The fourth-order valence-corrected chi connectivity index (χ4v) is 1.01. The first-order valence-corrected chi connectivity index (χ1v) is 4.39. The van der Waals surface area contributed by atoms with Crippen molar-refractivity contribution in [3.63, 3.8) is 0 Å². The predicted molar refractivity (Wildman–Crippen MR) is 54.5 cm³/mol. The third-order valence-electron chi connectivity index (χ3n) is 1.74. The Hall–Kier alpha value is -1.91. The highest BCUT2D eigenvalue weighted by Crippen LogP contribution is 2.14. The van der Waals surface area contributed by atoms with Crippen molar-refractivity contribution >= 4 is 11.8 Å². The van der Waals surface area contributed by atoms with Crippen LogP contribution in [0.2, 0.25) is 0 Å². The van der Waals surface area contributed by atoms with Crippen LogP contribution in [-0.4, -0.2) is 22.6 Å². The largest absolute Gasteiger partial charge is 0.478 e. The Morgan fingerprint density at radius 2 is 2.47 bits per heavy atom. The summed E-state index contributed by atoms with van der Waals surface area (Å²) < 4.78 is 13.4. The standard InChI is InChI=1S/C10H11FN2O2/c1-2-3-5-12-9-8(11)7(10(14)15)4-6-13-9/h2-4,6H,5H2,1H3,(H,12,13)(H,14,15)/b3-2+. The quantitative estimate of drug-likeness (QED) is 0.745. The minimum atomic E-state index is -1.30. The van der Waals surface area contributed by atoms with Gasteiger partial charge in [0.1, 0.15) is 5.56 Å². The van der Waals surface area contributed by atoms with Crippen molar-refractivity contribution in [2.75, 3.05) is 11.9 Å². The molecule has 15 heavy (non-hydrogen) atoms. The van der Waals surface area contributed by atoms with Gasteiger partial charge in [0.15, 0.2) is 11.6 Å². The Balaban J connectivity index is 2.89. The van der Waals surface area contributed by atoms with E-state index in [0.717, 1.165) is 6.07 Å². The lowest BCUT2D eigenvalue weighted by Crippen LogP contribution is -2.08. The van der Waals surface area contributed by atoms with Crippen molar-refractivity contribution in [3.8, 4) is 0 Å². The van der Waals surface area contributed by atoms with Crippen LogP contribution in [-0.2, 0) is 0 Å². The maximum Gasteiger partial charge on any atom is 0.338 e. The fraction of sp³-hybridized carbons (Fsp3) is 0.200. The summed E-state index contributed by atoms with van der Waals surface area (Å²) in [7, 11) is 0. The number of aromatic carboxylic acids is 1. The van der Waals surface area contributed by atoms with Crippen LogP contribution in [0.1, 0.15) is 17.3 Å². The predicted octanol–water partition coefficient (Wildman–Crippen LogP) is 1.91. The molecule has 0 aromatic carbocycles. The van der Waals surface area contributed by atoms with Crippen molar-refractivity contribution in [2.24, 2.45) is 0 Å². The Labute approximate surface area is 86.5 Å². The van der Waals surface area contributed by atoms with Gasteiger partial charge in [0.25, 0.3) is 0 Å². The molecule has 0 aliphatic carbocycles. The second-order valence-corrected chi connectivity index (χ2v) is 2.78. The lowest BCUT2D eigenvalue weighted by atomic mass is 10.2. The van der Waals surface area contributed by atoms with E-state index < -0.39 is 11.8 Å². The van der Waals surface area contributed by atoms with Crippen LogP contribution in [0.25, 0.3) is 0 Å². The lowest BCUT2D eigenvalue weighted by molar-refractivity contribution is 0.0692. The van der Waals surface area contributed by atoms with E-state index in [2.05, 4.69) is 10.3 Å². The molecule has 80 valence electrons. The van der Waals surface area contributed by atoms with Crippen molar-refractivity contribution in [3.05, 3.63) is 35.8 Å². The SMILES string of the molecule is C/C=C/CNc1nccc(C(=O)O)c1F. The number of aromatic nitrogens is 1. The first-order chi connectivity index (χ1) is 7.16. The molecule has 0 saturated carbocycles. The van der Waals surface area contributed by atoms with Gasteiger partial charge in [-0.3, -0.25) is 0 Å². The van der Waals surface area contributed by atoms with Crippen LogP contribution in [0.15, 0.2) is 24.4 Å². The van der Waals surface area contributed by atoms with E-state index in [-0.39, 0.29) is 11.4 Å². The number of nitrogens with zero attached hydrogens (tertiary/aromatic N) is 1. The molecule has 4 nitrogen and oxygen atoms in total. The number of carboxylic acid groups (broad SMARTS) is 1. The first kappa shape index (κ1) is 11.2. The first-order valence-electron chi connectivity index (χ1n) is 4.39. The number of carboxylic acids is 1. The van der Waals surface area contributed by atoms with E-state index in [4.69, 9.17) is 5.11 Å². The van der Waals surface area contributed by atoms with Crippen molar-refractivity contribution in [1.29, 1.82) is 0 Å². The van der Waals surface area contributed by atoms with Gasteiger partial charge in [-0.25, -0.2) is 14.2 Å². The summed E-state index contributed by atoms with van der Waals surface area (Å²) in [4.78, 5) is 14.3. The number of hydrogen-bond acceptors (Lipinski definition) is 3. The smallest absolute Gasteiger partial charge is 0.338 e. The number of rotatable bonds is 4. The molecule has 0 radical (unpaired) electrons. The van der Waals surface area contributed by atoms with Gasteiger partial charge in [0.05, 0.1) is 0 Å². The maximum atomic E-state index is 13.4. The van der Waals surface area contributed by atoms with Gasteiger partial charge in [-0.15, -0.1) is 0 Å². The Bertz CT molecular complexity index is 391. The van der Waals surface area contributed by atoms with E-state index in [0.29, 0.717) is 6.54 Å². The molecule has 0 bridgehead atoms. The lowest BCUT2D eigenvalue weighted by Gasteiger charge is -2.05. The zero-order valence-electron chi connectivity index (χ0n) is 8.20. The Morgan fingerprint density at radius 3 is 3.07 bits per heavy atom. The third kappa shape index (κ3) is 2.77. The van der Waals surface area contributed by atoms with E-state index in [9.17, 15) is 9.18 Å². The Morgan fingerprint density at radius 1 is 1.73 bits per heavy atom. The number of nitrogens with one attached hydrogen (secondary N) is 1. The maximum absolute atomic E-state index is 13.4. The number of carbonyl (C=O) groups is 1. The van der Waals surface area contributed by atoms with Crippen LogP contribution in [0.4, 0.5) is 10.2 Å². The minimum absolute atomic E-state index is 0.0481. The molecule has 1 aromatic rings. The number of hydrogen-bond donors (Lipinski definition) is 2. The van der Waals surface area contributed by atoms with Crippen molar-refractivity contribution in [2.45, 2.75) is 6.92 Å². The minimum Gasteiger partial charge on any atom is -0.478 e. The molecule has 1 heterocycles. The number of anilines is 1. The summed E-state index contributed by atoms with van der Waals surface area (Å²) in [6, 6.07) is 1.12. The zero-order valence-corrected chi connectivity index (χ0v) is 8.20. The van der Waals surface area contributed by atoms with Gasteiger partial charge in [-0.2, -0.15) is 0 Å². The van der Waals surface area contributed by atoms with Gasteiger partial charge in [0, 0.05) is 12.7 Å². The van der Waals surface area contributed by atoms with Crippen molar-refractivity contribution in [1.82, 2.24) is 4.98 Å². The third-order valence-corrected chi connectivity index (χ3v) is 1.74. The number of halogens is 1. The summed E-state index contributed by atoms with van der Waals surface area (Å²) in [6.07, 6.45) is 4.82. The van der Waals surface area contributed by atoms with Gasteiger partial charge in [0.2, 0.25) is 0 Å². The molecule has 2 N–H and O–H groups in total. The molecule has 0 aliphatic rings. The van der Waals surface area contributed by atoms with Gasteiger partial charge in [-0.05, 0) is 13.0 Å². The molecule has 1 rings (SSSR count). The molecular formula is C10H11FN2O2. The molecule has 5 heteroatoms.